The molecule has 4 nitrogen and oxygen atoms in total. The van der Waals surface area contributed by atoms with Crippen molar-refractivity contribution in [1.29, 1.82) is 0 Å². The third-order valence-corrected chi connectivity index (χ3v) is 4.50. The van der Waals surface area contributed by atoms with Crippen LogP contribution in [0.5, 0.6) is 0 Å². The molecule has 0 atom stereocenters. The summed E-state index contributed by atoms with van der Waals surface area (Å²) in [7, 11) is 0. The minimum atomic E-state index is -0.333. The fourth-order valence-electron chi connectivity index (χ4n) is 3.16. The first-order valence-corrected chi connectivity index (χ1v) is 8.71. The molecule has 22 heavy (non-hydrogen) atoms. The van der Waals surface area contributed by atoms with Gasteiger partial charge in [-0.2, -0.15) is 0 Å². The van der Waals surface area contributed by atoms with Gasteiger partial charge in [0.15, 0.2) is 0 Å². The molecule has 0 spiro atoms. The molecule has 0 unspecified atom stereocenters. The summed E-state index contributed by atoms with van der Waals surface area (Å²) < 4.78 is 0. The molecule has 0 aromatic heterocycles. The van der Waals surface area contributed by atoms with Crippen molar-refractivity contribution in [1.82, 2.24) is 4.90 Å². The summed E-state index contributed by atoms with van der Waals surface area (Å²) in [6.45, 7) is 3.21. The summed E-state index contributed by atoms with van der Waals surface area (Å²) in [5, 5.41) is 10.7. The molecule has 1 saturated heterocycles. The Labute approximate surface area is 133 Å². The van der Waals surface area contributed by atoms with Gasteiger partial charge in [-0.3, -0.25) is 15.0 Å². The van der Waals surface area contributed by atoms with Gasteiger partial charge in [-0.25, -0.2) is 0 Å². The van der Waals surface area contributed by atoms with E-state index in [4.69, 9.17) is 0 Å². The first kappa shape index (κ1) is 16.9. The minimum Gasteiger partial charge on any atom is -0.299 e. The quantitative estimate of drug-likeness (QED) is 0.588. The smallest absolute Gasteiger partial charge is 0.269 e. The molecule has 0 aliphatic carbocycles. The number of nitro benzene ring substituents is 1. The van der Waals surface area contributed by atoms with Crippen LogP contribution < -0.4 is 0 Å². The number of hydrogen-bond acceptors (Lipinski definition) is 3. The molecule has 1 aliphatic rings. The summed E-state index contributed by atoms with van der Waals surface area (Å²) in [5.41, 5.74) is 1.36. The summed E-state index contributed by atoms with van der Waals surface area (Å²) in [4.78, 5) is 12.9. The van der Waals surface area contributed by atoms with Gasteiger partial charge in [-0.15, -0.1) is 0 Å². The second-order valence-corrected chi connectivity index (χ2v) is 6.38. The summed E-state index contributed by atoms with van der Waals surface area (Å²) in [6.07, 6.45) is 12.1. The second kappa shape index (κ2) is 9.57. The van der Waals surface area contributed by atoms with E-state index >= 15 is 0 Å². The van der Waals surface area contributed by atoms with E-state index in [1.165, 1.54) is 63.4 Å². The number of nitro groups is 1. The van der Waals surface area contributed by atoms with Crippen LogP contribution in [0.1, 0.15) is 63.4 Å². The van der Waals surface area contributed by atoms with Gasteiger partial charge in [0.05, 0.1) is 4.92 Å². The highest BCUT2D eigenvalue weighted by Crippen LogP contribution is 2.16. The predicted molar refractivity (Wildman–Crippen MR) is 89.9 cm³/mol. The van der Waals surface area contributed by atoms with E-state index in [1.54, 1.807) is 12.1 Å². The molecule has 0 N–H and O–H groups in total. The number of rotatable bonds is 3. The standard InChI is InChI=1S/C18H28N2O2/c21-20(22)18-12-10-17(11-13-18)16-19-14-8-6-4-2-1-3-5-7-9-15-19/h10-13H,1-9,14-16H2. The predicted octanol–water partition coefficient (Wildman–Crippen LogP) is 4.92. The maximum Gasteiger partial charge on any atom is 0.269 e. The maximum atomic E-state index is 10.7. The molecule has 1 heterocycles. The van der Waals surface area contributed by atoms with Crippen molar-refractivity contribution < 1.29 is 4.92 Å². The van der Waals surface area contributed by atoms with E-state index in [-0.39, 0.29) is 10.6 Å². The largest absolute Gasteiger partial charge is 0.299 e. The molecule has 1 aromatic rings. The van der Waals surface area contributed by atoms with Gasteiger partial charge in [-0.1, -0.05) is 57.1 Å². The van der Waals surface area contributed by atoms with E-state index < -0.39 is 0 Å². The van der Waals surface area contributed by atoms with Gasteiger partial charge in [0.1, 0.15) is 0 Å². The lowest BCUT2D eigenvalue weighted by atomic mass is 10.1. The van der Waals surface area contributed by atoms with Crippen LogP contribution in [0, 0.1) is 10.1 Å². The van der Waals surface area contributed by atoms with Crippen LogP contribution in [0.4, 0.5) is 5.69 Å². The molecular formula is C18H28N2O2. The average molecular weight is 304 g/mol. The molecule has 4 heteroatoms. The van der Waals surface area contributed by atoms with E-state index in [9.17, 15) is 10.1 Å². The van der Waals surface area contributed by atoms with E-state index in [1.807, 2.05) is 12.1 Å². The van der Waals surface area contributed by atoms with Crippen molar-refractivity contribution in [2.24, 2.45) is 0 Å². The fourth-order valence-corrected chi connectivity index (χ4v) is 3.16. The summed E-state index contributed by atoms with van der Waals surface area (Å²) in [5.74, 6) is 0. The van der Waals surface area contributed by atoms with Crippen molar-refractivity contribution in [2.45, 2.75) is 64.3 Å². The number of benzene rings is 1. The fraction of sp³-hybridized carbons (Fsp3) is 0.667. The first-order valence-electron chi connectivity index (χ1n) is 8.71. The highest BCUT2D eigenvalue weighted by molar-refractivity contribution is 5.32. The Morgan fingerprint density at radius 1 is 0.818 bits per heavy atom. The zero-order valence-corrected chi connectivity index (χ0v) is 13.5. The molecule has 0 bridgehead atoms. The zero-order chi connectivity index (χ0) is 15.6. The van der Waals surface area contributed by atoms with Crippen LogP contribution in [0.25, 0.3) is 0 Å². The van der Waals surface area contributed by atoms with Crippen molar-refractivity contribution in [2.75, 3.05) is 13.1 Å². The van der Waals surface area contributed by atoms with Crippen LogP contribution in [0.15, 0.2) is 24.3 Å². The van der Waals surface area contributed by atoms with Crippen molar-refractivity contribution >= 4 is 5.69 Å². The topological polar surface area (TPSA) is 46.4 Å². The Kier molecular flexibility index (Phi) is 7.37. The monoisotopic (exact) mass is 304 g/mol. The lowest BCUT2D eigenvalue weighted by molar-refractivity contribution is -0.384. The molecule has 0 radical (unpaired) electrons. The van der Waals surface area contributed by atoms with E-state index in [0.717, 1.165) is 19.6 Å². The van der Waals surface area contributed by atoms with Gasteiger partial charge in [0.25, 0.3) is 5.69 Å². The molecule has 122 valence electrons. The Bertz CT molecular complexity index is 433. The van der Waals surface area contributed by atoms with E-state index in [2.05, 4.69) is 4.90 Å². The van der Waals surface area contributed by atoms with Gasteiger partial charge >= 0.3 is 0 Å². The molecular weight excluding hydrogens is 276 g/mol. The van der Waals surface area contributed by atoms with Gasteiger partial charge in [0, 0.05) is 18.7 Å². The molecule has 2 rings (SSSR count). The minimum absolute atomic E-state index is 0.178. The van der Waals surface area contributed by atoms with Crippen LogP contribution in [0.2, 0.25) is 0 Å². The van der Waals surface area contributed by atoms with Gasteiger partial charge < -0.3 is 0 Å². The summed E-state index contributed by atoms with van der Waals surface area (Å²) >= 11 is 0. The molecule has 1 fully saturated rings. The summed E-state index contributed by atoms with van der Waals surface area (Å²) in [6, 6.07) is 7.03. The second-order valence-electron chi connectivity index (χ2n) is 6.38. The highest BCUT2D eigenvalue weighted by atomic mass is 16.6. The Hall–Kier alpha value is -1.42. The Morgan fingerprint density at radius 3 is 1.73 bits per heavy atom. The van der Waals surface area contributed by atoms with E-state index in [0.29, 0.717) is 0 Å². The lowest BCUT2D eigenvalue weighted by Crippen LogP contribution is -2.25. The Morgan fingerprint density at radius 2 is 1.27 bits per heavy atom. The van der Waals surface area contributed by atoms with Crippen molar-refractivity contribution in [3.8, 4) is 0 Å². The van der Waals surface area contributed by atoms with Gasteiger partial charge in [-0.05, 0) is 31.5 Å². The SMILES string of the molecule is O=[N+]([O-])c1ccc(CN2CCCCCCCCCCC2)cc1. The van der Waals surface area contributed by atoms with Crippen LogP contribution in [-0.4, -0.2) is 22.9 Å². The van der Waals surface area contributed by atoms with Crippen LogP contribution >= 0.6 is 0 Å². The highest BCUT2D eigenvalue weighted by Gasteiger charge is 2.09. The molecule has 1 aliphatic heterocycles. The third kappa shape index (κ3) is 6.14. The Balaban J connectivity index is 1.87. The number of hydrogen-bond donors (Lipinski definition) is 0. The lowest BCUT2D eigenvalue weighted by Gasteiger charge is -2.23. The van der Waals surface area contributed by atoms with Gasteiger partial charge in [0.2, 0.25) is 0 Å². The van der Waals surface area contributed by atoms with Crippen molar-refractivity contribution in [3.63, 3.8) is 0 Å². The molecule has 0 saturated carbocycles. The van der Waals surface area contributed by atoms with Crippen LogP contribution in [-0.2, 0) is 6.54 Å². The first-order chi connectivity index (χ1) is 10.8. The normalized spacial score (nSPS) is 19.1. The molecule has 0 amide bonds. The number of nitrogens with zero attached hydrogens (tertiary/aromatic N) is 2. The third-order valence-electron chi connectivity index (χ3n) is 4.50. The molecule has 1 aromatic carbocycles. The van der Waals surface area contributed by atoms with Crippen LogP contribution in [0.3, 0.4) is 0 Å². The maximum absolute atomic E-state index is 10.7. The zero-order valence-electron chi connectivity index (χ0n) is 13.5. The average Bonchev–Trinajstić information content (AvgIpc) is 2.50. The van der Waals surface area contributed by atoms with Crippen molar-refractivity contribution in [3.05, 3.63) is 39.9 Å². The number of non-ortho nitro benzene ring substituents is 1.